The summed E-state index contributed by atoms with van der Waals surface area (Å²) >= 11 is 0. The average Bonchev–Trinajstić information content (AvgIpc) is 2.72. The van der Waals surface area contributed by atoms with Crippen LogP contribution in [0, 0.1) is 5.41 Å². The highest BCUT2D eigenvalue weighted by Gasteiger charge is 2.49. The maximum Gasteiger partial charge on any atom is 0.193 e. The molecule has 28 heavy (non-hydrogen) atoms. The molecular formula is C24H30O4. The second-order valence-electron chi connectivity index (χ2n) is 7.00. The average molecular weight is 383 g/mol. The van der Waals surface area contributed by atoms with Gasteiger partial charge in [0, 0.05) is 5.57 Å². The van der Waals surface area contributed by atoms with E-state index < -0.39 is 11.2 Å². The number of allylic oxidation sites excluding steroid dienone is 4. The van der Waals surface area contributed by atoms with Crippen molar-refractivity contribution in [1.82, 2.24) is 0 Å². The standard InChI is InChI=1S/C24H30O4/c1-6-16-10-12-17(13-11-16)14-15-19(25)20-21(26)18(7-2)23(28-5)24(8-3,9-4)22(20)27/h10-15,26H,6-9H2,1-5H3/b15-14+. The summed E-state index contributed by atoms with van der Waals surface area (Å²) in [5, 5.41) is 10.7. The fourth-order valence-electron chi connectivity index (χ4n) is 3.88. The minimum Gasteiger partial charge on any atom is -0.507 e. The largest absolute Gasteiger partial charge is 0.507 e. The normalized spacial score (nSPS) is 16.8. The zero-order valence-electron chi connectivity index (χ0n) is 17.5. The molecule has 0 aromatic heterocycles. The quantitative estimate of drug-likeness (QED) is 0.487. The lowest BCUT2D eigenvalue weighted by atomic mass is 9.68. The maximum atomic E-state index is 13.3. The van der Waals surface area contributed by atoms with Crippen molar-refractivity contribution < 1.29 is 19.4 Å². The van der Waals surface area contributed by atoms with E-state index >= 15 is 0 Å². The van der Waals surface area contributed by atoms with Crippen molar-refractivity contribution in [1.29, 1.82) is 0 Å². The van der Waals surface area contributed by atoms with E-state index in [4.69, 9.17) is 4.74 Å². The third-order valence-electron chi connectivity index (χ3n) is 5.72. The Labute approximate surface area is 167 Å². The van der Waals surface area contributed by atoms with Gasteiger partial charge in [-0.05, 0) is 42.9 Å². The van der Waals surface area contributed by atoms with Crippen LogP contribution in [0.25, 0.3) is 6.08 Å². The molecule has 0 unspecified atom stereocenters. The van der Waals surface area contributed by atoms with Crippen molar-refractivity contribution in [3.63, 3.8) is 0 Å². The molecule has 0 saturated heterocycles. The molecule has 0 amide bonds. The number of ketones is 2. The van der Waals surface area contributed by atoms with Gasteiger partial charge in [0.1, 0.15) is 17.1 Å². The van der Waals surface area contributed by atoms with Gasteiger partial charge >= 0.3 is 0 Å². The third-order valence-corrected chi connectivity index (χ3v) is 5.72. The molecule has 1 N–H and O–H groups in total. The van der Waals surface area contributed by atoms with Crippen molar-refractivity contribution in [3.05, 3.63) is 64.1 Å². The SMILES string of the molecule is CCC1=C(OC)C(CC)(CC)C(=O)C(C(=O)/C=C/c2ccc(CC)cc2)=C1O. The van der Waals surface area contributed by atoms with Gasteiger partial charge in [0.05, 0.1) is 12.5 Å². The van der Waals surface area contributed by atoms with Crippen molar-refractivity contribution >= 4 is 17.6 Å². The van der Waals surface area contributed by atoms with E-state index in [9.17, 15) is 14.7 Å². The van der Waals surface area contributed by atoms with E-state index in [2.05, 4.69) is 6.92 Å². The molecule has 1 aromatic rings. The monoisotopic (exact) mass is 382 g/mol. The number of benzene rings is 1. The number of aliphatic hydroxyl groups is 1. The molecule has 4 heteroatoms. The molecule has 0 radical (unpaired) electrons. The Morgan fingerprint density at radius 3 is 2.14 bits per heavy atom. The maximum absolute atomic E-state index is 13.3. The first kappa shape index (κ1) is 21.7. The number of ether oxygens (including phenoxy) is 1. The Balaban J connectivity index is 2.48. The number of Topliss-reactive ketones (excluding diaryl/α,β-unsaturated/α-hetero) is 1. The Kier molecular flexibility index (Phi) is 7.00. The number of methoxy groups -OCH3 is 1. The fraction of sp³-hybridized carbons (Fsp3) is 0.417. The first-order valence-corrected chi connectivity index (χ1v) is 9.97. The molecule has 0 saturated carbocycles. The highest BCUT2D eigenvalue weighted by molar-refractivity contribution is 6.28. The third kappa shape index (κ3) is 3.68. The van der Waals surface area contributed by atoms with Crippen LogP contribution in [0.5, 0.6) is 0 Å². The second-order valence-corrected chi connectivity index (χ2v) is 7.00. The van der Waals surface area contributed by atoms with Crippen molar-refractivity contribution in [2.45, 2.75) is 53.4 Å². The van der Waals surface area contributed by atoms with Gasteiger partial charge in [-0.2, -0.15) is 0 Å². The summed E-state index contributed by atoms with van der Waals surface area (Å²) in [4.78, 5) is 26.2. The Morgan fingerprint density at radius 1 is 1.07 bits per heavy atom. The van der Waals surface area contributed by atoms with E-state index in [1.165, 1.54) is 18.7 Å². The molecule has 0 bridgehead atoms. The van der Waals surface area contributed by atoms with Crippen LogP contribution in [0.4, 0.5) is 0 Å². The van der Waals surface area contributed by atoms with Crippen LogP contribution in [0.1, 0.15) is 58.1 Å². The molecule has 0 fully saturated rings. The Bertz CT molecular complexity index is 834. The second kappa shape index (κ2) is 9.05. The lowest BCUT2D eigenvalue weighted by Gasteiger charge is -2.37. The molecule has 1 aromatic carbocycles. The van der Waals surface area contributed by atoms with Crippen LogP contribution in [0.15, 0.2) is 53.0 Å². The van der Waals surface area contributed by atoms with Crippen LogP contribution in [0.2, 0.25) is 0 Å². The molecule has 150 valence electrons. The highest BCUT2D eigenvalue weighted by Crippen LogP contribution is 2.46. The van der Waals surface area contributed by atoms with Gasteiger partial charge in [0.15, 0.2) is 11.6 Å². The predicted molar refractivity (Wildman–Crippen MR) is 112 cm³/mol. The van der Waals surface area contributed by atoms with Crippen molar-refractivity contribution in [3.8, 4) is 0 Å². The minimum atomic E-state index is -0.909. The van der Waals surface area contributed by atoms with E-state index in [1.54, 1.807) is 6.08 Å². The zero-order chi connectivity index (χ0) is 20.9. The summed E-state index contributed by atoms with van der Waals surface area (Å²) in [5.41, 5.74) is 1.58. The first-order chi connectivity index (χ1) is 13.4. The molecule has 4 nitrogen and oxygen atoms in total. The van der Waals surface area contributed by atoms with Gasteiger partial charge in [-0.25, -0.2) is 0 Å². The number of aliphatic hydroxyl groups excluding tert-OH is 1. The Morgan fingerprint density at radius 2 is 1.68 bits per heavy atom. The summed E-state index contributed by atoms with van der Waals surface area (Å²) in [6.45, 7) is 7.77. The number of carbonyl (C=O) groups is 2. The van der Waals surface area contributed by atoms with Crippen molar-refractivity contribution in [2.75, 3.05) is 7.11 Å². The van der Waals surface area contributed by atoms with E-state index in [1.807, 2.05) is 45.0 Å². The lowest BCUT2D eigenvalue weighted by Crippen LogP contribution is -2.40. The number of hydrogen-bond acceptors (Lipinski definition) is 4. The first-order valence-electron chi connectivity index (χ1n) is 9.97. The molecule has 0 aliphatic heterocycles. The summed E-state index contributed by atoms with van der Waals surface area (Å²) < 4.78 is 5.55. The van der Waals surface area contributed by atoms with Gasteiger partial charge in [-0.3, -0.25) is 9.59 Å². The summed E-state index contributed by atoms with van der Waals surface area (Å²) in [6.07, 6.45) is 5.47. The lowest BCUT2D eigenvalue weighted by molar-refractivity contribution is -0.128. The zero-order valence-corrected chi connectivity index (χ0v) is 17.5. The van der Waals surface area contributed by atoms with E-state index in [0.717, 1.165) is 12.0 Å². The number of aryl methyl sites for hydroxylation is 1. The van der Waals surface area contributed by atoms with Crippen LogP contribution in [0.3, 0.4) is 0 Å². The topological polar surface area (TPSA) is 63.6 Å². The van der Waals surface area contributed by atoms with Crippen LogP contribution in [-0.4, -0.2) is 23.8 Å². The van der Waals surface area contributed by atoms with E-state index in [-0.39, 0.29) is 17.1 Å². The van der Waals surface area contributed by atoms with Gasteiger partial charge < -0.3 is 9.84 Å². The molecule has 1 aliphatic rings. The minimum absolute atomic E-state index is 0.136. The fourth-order valence-corrected chi connectivity index (χ4v) is 3.88. The molecule has 0 atom stereocenters. The van der Waals surface area contributed by atoms with Crippen LogP contribution >= 0.6 is 0 Å². The summed E-state index contributed by atoms with van der Waals surface area (Å²) in [6, 6.07) is 7.88. The Hall–Kier alpha value is -2.62. The van der Waals surface area contributed by atoms with Gasteiger partial charge in [-0.15, -0.1) is 0 Å². The van der Waals surface area contributed by atoms with Gasteiger partial charge in [0.25, 0.3) is 0 Å². The van der Waals surface area contributed by atoms with Gasteiger partial charge in [-0.1, -0.05) is 58.0 Å². The summed E-state index contributed by atoms with van der Waals surface area (Å²) in [5.74, 6) is -0.606. The van der Waals surface area contributed by atoms with Crippen LogP contribution < -0.4 is 0 Å². The number of rotatable bonds is 8. The van der Waals surface area contributed by atoms with Crippen LogP contribution in [-0.2, 0) is 20.7 Å². The number of carbonyl (C=O) groups excluding carboxylic acids is 2. The van der Waals surface area contributed by atoms with Crippen molar-refractivity contribution in [2.24, 2.45) is 5.41 Å². The molecule has 0 heterocycles. The molecular weight excluding hydrogens is 352 g/mol. The smallest absolute Gasteiger partial charge is 0.193 e. The summed E-state index contributed by atoms with van der Waals surface area (Å²) in [7, 11) is 1.51. The number of hydrogen-bond donors (Lipinski definition) is 1. The van der Waals surface area contributed by atoms with Gasteiger partial charge in [0.2, 0.25) is 0 Å². The highest BCUT2D eigenvalue weighted by atomic mass is 16.5. The molecule has 0 spiro atoms. The molecule has 2 rings (SSSR count). The van der Waals surface area contributed by atoms with E-state index in [0.29, 0.717) is 30.6 Å². The molecule has 1 aliphatic carbocycles. The predicted octanol–water partition coefficient (Wildman–Crippen LogP) is 5.34.